The Morgan fingerprint density at radius 1 is 1.40 bits per heavy atom. The minimum absolute atomic E-state index is 0.0144. The van der Waals surface area contributed by atoms with Crippen LogP contribution < -0.4 is 10.6 Å². The first kappa shape index (κ1) is 22.0. The number of anilines is 1. The number of amides is 2. The van der Waals surface area contributed by atoms with E-state index in [0.29, 0.717) is 5.76 Å². The summed E-state index contributed by atoms with van der Waals surface area (Å²) in [4.78, 5) is 24.3. The molecule has 156 valence electrons. The van der Waals surface area contributed by atoms with Gasteiger partial charge in [-0.25, -0.2) is 0 Å². The Morgan fingerprint density at radius 3 is 2.80 bits per heavy atom. The van der Waals surface area contributed by atoms with Crippen molar-refractivity contribution < 1.29 is 27.2 Å². The van der Waals surface area contributed by atoms with Gasteiger partial charge in [0.2, 0.25) is 11.8 Å². The molecule has 1 aromatic carbocycles. The number of benzene rings is 1. The van der Waals surface area contributed by atoms with Crippen molar-refractivity contribution >= 4 is 45.2 Å². The van der Waals surface area contributed by atoms with E-state index in [0.717, 1.165) is 23.9 Å². The van der Waals surface area contributed by atoms with Gasteiger partial charge in [-0.2, -0.15) is 18.4 Å². The summed E-state index contributed by atoms with van der Waals surface area (Å²) in [6, 6.07) is 8.68. The van der Waals surface area contributed by atoms with Crippen LogP contribution in [0.3, 0.4) is 0 Å². The molecule has 0 fully saturated rings. The van der Waals surface area contributed by atoms with Crippen molar-refractivity contribution in [1.82, 2.24) is 5.32 Å². The Bertz CT molecular complexity index is 1050. The minimum atomic E-state index is -4.65. The molecule has 3 rings (SSSR count). The average molecular weight is 500 g/mol. The summed E-state index contributed by atoms with van der Waals surface area (Å²) in [7, 11) is 0. The van der Waals surface area contributed by atoms with Crippen LogP contribution in [0.25, 0.3) is 0 Å². The summed E-state index contributed by atoms with van der Waals surface area (Å²) in [6.07, 6.45) is -3.21. The van der Waals surface area contributed by atoms with Crippen LogP contribution in [0.4, 0.5) is 18.9 Å². The molecule has 0 saturated carbocycles. The van der Waals surface area contributed by atoms with Crippen LogP contribution in [0.2, 0.25) is 0 Å². The van der Waals surface area contributed by atoms with Gasteiger partial charge in [0.1, 0.15) is 5.76 Å². The fourth-order valence-corrected chi connectivity index (χ4v) is 4.09. The van der Waals surface area contributed by atoms with Gasteiger partial charge < -0.3 is 15.1 Å². The fraction of sp³-hybridized carbons (Fsp3) is 0.211. The van der Waals surface area contributed by atoms with Crippen molar-refractivity contribution in [2.24, 2.45) is 0 Å². The van der Waals surface area contributed by atoms with Gasteiger partial charge in [0.15, 0.2) is 0 Å². The minimum Gasteiger partial charge on any atom is -0.469 e. The first-order valence-corrected chi connectivity index (χ1v) is 10.2. The van der Waals surface area contributed by atoms with Crippen molar-refractivity contribution in [3.63, 3.8) is 0 Å². The smallest absolute Gasteiger partial charge is 0.418 e. The molecular weight excluding hydrogens is 487 g/mol. The predicted octanol–water partition coefficient (Wildman–Crippen LogP) is 4.77. The molecule has 2 amide bonds. The summed E-state index contributed by atoms with van der Waals surface area (Å²) in [5.41, 5.74) is -1.15. The second-order valence-electron chi connectivity index (χ2n) is 6.20. The summed E-state index contributed by atoms with van der Waals surface area (Å²) < 4.78 is 45.1. The molecule has 6 nitrogen and oxygen atoms in total. The maximum Gasteiger partial charge on any atom is 0.418 e. The van der Waals surface area contributed by atoms with E-state index in [1.165, 1.54) is 12.3 Å². The second-order valence-corrected chi connectivity index (χ2v) is 8.10. The molecule has 0 bridgehead atoms. The third kappa shape index (κ3) is 5.06. The molecule has 1 atom stereocenters. The van der Waals surface area contributed by atoms with Gasteiger partial charge in [-0.3, -0.25) is 9.59 Å². The molecule has 1 aromatic heterocycles. The van der Waals surface area contributed by atoms with Gasteiger partial charge in [-0.1, -0.05) is 27.7 Å². The van der Waals surface area contributed by atoms with Crippen LogP contribution in [0, 0.1) is 11.3 Å². The lowest BCUT2D eigenvalue weighted by Crippen LogP contribution is -2.31. The zero-order chi connectivity index (χ0) is 21.9. The number of hydrogen-bond acceptors (Lipinski definition) is 5. The number of allylic oxidation sites excluding steroid dienone is 1. The van der Waals surface area contributed by atoms with Gasteiger partial charge in [0.25, 0.3) is 0 Å². The number of thioether (sulfide) groups is 1. The van der Waals surface area contributed by atoms with Gasteiger partial charge in [-0.15, -0.1) is 0 Å². The van der Waals surface area contributed by atoms with E-state index in [4.69, 9.17) is 4.42 Å². The zero-order valence-electron chi connectivity index (χ0n) is 15.0. The van der Waals surface area contributed by atoms with Crippen LogP contribution in [-0.4, -0.2) is 17.6 Å². The lowest BCUT2D eigenvalue weighted by molar-refractivity contribution is -0.137. The lowest BCUT2D eigenvalue weighted by atomic mass is 9.92. The van der Waals surface area contributed by atoms with Crippen molar-refractivity contribution in [1.29, 1.82) is 5.26 Å². The largest absolute Gasteiger partial charge is 0.469 e. The first-order valence-electron chi connectivity index (χ1n) is 8.46. The van der Waals surface area contributed by atoms with Crippen LogP contribution >= 0.6 is 27.7 Å². The highest BCUT2D eigenvalue weighted by Gasteiger charge is 2.34. The van der Waals surface area contributed by atoms with Crippen LogP contribution in [0.15, 0.2) is 56.1 Å². The summed E-state index contributed by atoms with van der Waals surface area (Å²) in [5.74, 6) is -1.53. The van der Waals surface area contributed by atoms with E-state index in [1.807, 2.05) is 6.07 Å². The number of hydrogen-bond donors (Lipinski definition) is 2. The van der Waals surface area contributed by atoms with E-state index >= 15 is 0 Å². The Morgan fingerprint density at radius 2 is 2.17 bits per heavy atom. The molecule has 0 unspecified atom stereocenters. The average Bonchev–Trinajstić information content (AvgIpc) is 3.21. The molecule has 0 spiro atoms. The molecule has 0 saturated heterocycles. The number of carbonyl (C=O) groups is 2. The number of rotatable bonds is 5. The maximum absolute atomic E-state index is 13.2. The Labute approximate surface area is 181 Å². The van der Waals surface area contributed by atoms with E-state index in [1.54, 1.807) is 12.1 Å². The molecule has 0 radical (unpaired) electrons. The van der Waals surface area contributed by atoms with E-state index in [-0.39, 0.29) is 38.8 Å². The number of alkyl halides is 3. The second kappa shape index (κ2) is 8.97. The molecule has 1 aliphatic heterocycles. The molecule has 1 aliphatic rings. The summed E-state index contributed by atoms with van der Waals surface area (Å²) in [5, 5.41) is 14.5. The summed E-state index contributed by atoms with van der Waals surface area (Å²) >= 11 is 3.84. The molecule has 2 N–H and O–H groups in total. The molecule has 0 aliphatic carbocycles. The highest BCUT2D eigenvalue weighted by molar-refractivity contribution is 9.10. The van der Waals surface area contributed by atoms with E-state index in [9.17, 15) is 28.0 Å². The number of furan rings is 1. The van der Waals surface area contributed by atoms with Crippen LogP contribution in [-0.2, 0) is 15.8 Å². The molecule has 2 aromatic rings. The fourth-order valence-electron chi connectivity index (χ4n) is 2.85. The Balaban J connectivity index is 1.76. The maximum atomic E-state index is 13.2. The standard InChI is InChI=1S/C19H13BrF3N3O3S/c20-10-3-4-14(13(6-10)19(21,22)23)25-17(28)9-30-18-12(8-24)11(7-16(27)26-18)15-2-1-5-29-15/h1-6,11H,7,9H2,(H,25,28)(H,26,27)/t11-/m1/s1. The predicted molar refractivity (Wildman–Crippen MR) is 107 cm³/mol. The topological polar surface area (TPSA) is 95.1 Å². The highest BCUT2D eigenvalue weighted by atomic mass is 79.9. The highest BCUT2D eigenvalue weighted by Crippen LogP contribution is 2.38. The third-order valence-electron chi connectivity index (χ3n) is 4.15. The van der Waals surface area contributed by atoms with Crippen molar-refractivity contribution in [2.45, 2.75) is 18.5 Å². The number of halogens is 4. The lowest BCUT2D eigenvalue weighted by Gasteiger charge is -2.23. The number of nitrogens with one attached hydrogen (secondary N) is 2. The van der Waals surface area contributed by atoms with E-state index < -0.39 is 23.6 Å². The molecular formula is C19H13BrF3N3O3S. The van der Waals surface area contributed by atoms with Gasteiger partial charge in [0.05, 0.1) is 45.9 Å². The van der Waals surface area contributed by atoms with Crippen LogP contribution in [0.5, 0.6) is 0 Å². The Kier molecular flexibility index (Phi) is 6.58. The van der Waals surface area contributed by atoms with Crippen LogP contribution in [0.1, 0.15) is 23.7 Å². The monoisotopic (exact) mass is 499 g/mol. The normalized spacial score (nSPS) is 16.8. The van der Waals surface area contributed by atoms with Gasteiger partial charge in [0, 0.05) is 10.9 Å². The number of nitriles is 1. The van der Waals surface area contributed by atoms with Gasteiger partial charge in [-0.05, 0) is 30.3 Å². The first-order chi connectivity index (χ1) is 14.2. The SMILES string of the molecule is N#CC1=C(SCC(=O)Nc2ccc(Br)cc2C(F)(F)F)NC(=O)C[C@H]1c1ccco1. The van der Waals surface area contributed by atoms with Crippen molar-refractivity contribution in [3.8, 4) is 6.07 Å². The number of carbonyl (C=O) groups excluding carboxylic acids is 2. The molecule has 30 heavy (non-hydrogen) atoms. The number of nitrogens with zero attached hydrogens (tertiary/aromatic N) is 1. The van der Waals surface area contributed by atoms with Crippen molar-refractivity contribution in [3.05, 3.63) is 63.0 Å². The van der Waals surface area contributed by atoms with E-state index in [2.05, 4.69) is 26.6 Å². The zero-order valence-corrected chi connectivity index (χ0v) is 17.5. The van der Waals surface area contributed by atoms with Gasteiger partial charge >= 0.3 is 6.18 Å². The summed E-state index contributed by atoms with van der Waals surface area (Å²) in [6.45, 7) is 0. The third-order valence-corrected chi connectivity index (χ3v) is 5.66. The molecule has 11 heteroatoms. The molecule has 2 heterocycles. The van der Waals surface area contributed by atoms with Crippen molar-refractivity contribution in [2.75, 3.05) is 11.1 Å². The quantitative estimate of drug-likeness (QED) is 0.617. The Hall–Kier alpha value is -2.71.